The molecule has 3 fully saturated rings. The van der Waals surface area contributed by atoms with Gasteiger partial charge in [0.2, 0.25) is 11.7 Å². The van der Waals surface area contributed by atoms with E-state index in [-0.39, 0.29) is 44.7 Å². The zero-order valence-corrected chi connectivity index (χ0v) is 27.0. The number of fused-ring (bicyclic) bond motifs is 5. The monoisotopic (exact) mass is 666 g/mol. The number of carbonyl (C=O) groups excluding carboxylic acids is 5. The van der Waals surface area contributed by atoms with Crippen LogP contribution in [0.4, 0.5) is 4.39 Å². The lowest BCUT2D eigenvalue weighted by atomic mass is 9.44. The molecule has 1 amide bonds. The summed E-state index contributed by atoms with van der Waals surface area (Å²) in [6, 6.07) is -1.44. The van der Waals surface area contributed by atoms with Gasteiger partial charge in [0.15, 0.2) is 18.1 Å². The first-order chi connectivity index (χ1) is 21.9. The molecule has 0 aromatic carbocycles. The third kappa shape index (κ3) is 6.31. The normalized spacial score (nSPS) is 36.1. The van der Waals surface area contributed by atoms with E-state index in [1.54, 1.807) is 20.8 Å². The minimum Gasteiger partial charge on any atom is -0.464 e. The second-order valence-electron chi connectivity index (χ2n) is 13.6. The summed E-state index contributed by atoms with van der Waals surface area (Å²) in [5.41, 5.74) is -6.11. The Labute approximate surface area is 271 Å². The number of hydrogen-bond donors (Lipinski definition) is 3. The average Bonchev–Trinajstić information content (AvgIpc) is 3.19. The van der Waals surface area contributed by atoms with E-state index < -0.39 is 93.7 Å². The molecule has 0 spiro atoms. The number of alkyl halides is 1. The number of halogens is 1. The number of rotatable bonds is 13. The van der Waals surface area contributed by atoms with Gasteiger partial charge in [0, 0.05) is 23.7 Å². The molecular weight excluding hydrogens is 623 g/mol. The van der Waals surface area contributed by atoms with Crippen molar-refractivity contribution in [2.75, 3.05) is 19.8 Å². The lowest BCUT2D eigenvalue weighted by Crippen LogP contribution is -2.69. The van der Waals surface area contributed by atoms with Gasteiger partial charge in [-0.2, -0.15) is 0 Å². The molecule has 9 atom stereocenters. The van der Waals surface area contributed by atoms with Crippen LogP contribution in [0.25, 0.3) is 0 Å². The Morgan fingerprint density at radius 1 is 1.17 bits per heavy atom. The Balaban J connectivity index is 1.42. The van der Waals surface area contributed by atoms with E-state index in [2.05, 4.69) is 10.2 Å². The van der Waals surface area contributed by atoms with Gasteiger partial charge in [-0.1, -0.05) is 25.5 Å². The van der Waals surface area contributed by atoms with E-state index in [1.165, 1.54) is 18.2 Å². The fraction of sp³-hybridized carbons (Fsp3) is 0.719. The number of ketones is 2. The molecule has 3 saturated carbocycles. The highest BCUT2D eigenvalue weighted by molar-refractivity contribution is 6.01. The molecule has 1 unspecified atom stereocenters. The lowest BCUT2D eigenvalue weighted by Gasteiger charge is -2.62. The van der Waals surface area contributed by atoms with Crippen LogP contribution < -0.4 is 5.32 Å². The van der Waals surface area contributed by atoms with Crippen LogP contribution in [-0.2, 0) is 38.3 Å². The third-order valence-electron chi connectivity index (χ3n) is 11.0. The van der Waals surface area contributed by atoms with Crippen molar-refractivity contribution in [1.82, 2.24) is 5.32 Å². The van der Waals surface area contributed by atoms with Gasteiger partial charge in [0.05, 0.1) is 25.7 Å². The molecule has 0 aromatic rings. The maximum absolute atomic E-state index is 17.4. The van der Waals surface area contributed by atoms with E-state index in [1.807, 2.05) is 0 Å². The standard InChI is InChI=1S/C32H43FN2O12/c1-18-13-23-22-8-7-20-14-21(37)9-10-29(20,3)31(22,33)25(38)16-30(23,4)32(18,42)26(39)17-46-27(40)15-24(34-19(2)36)28(41)45-11-5-6-12-47-35(43)44/h9-10,14,18,22-25,38,42H,5-8,11-13,15-17H2,1-4H3,(H,34,36)/t18-,22-,23-,24?,25-,29-,30-,31-,32-/m0/s1. The first kappa shape index (κ1) is 36.1. The van der Waals surface area contributed by atoms with Crippen molar-refractivity contribution in [3.63, 3.8) is 0 Å². The fourth-order valence-corrected chi connectivity index (χ4v) is 8.68. The summed E-state index contributed by atoms with van der Waals surface area (Å²) in [5.74, 6) is -5.62. The molecule has 0 aromatic heterocycles. The predicted molar refractivity (Wildman–Crippen MR) is 159 cm³/mol. The molecule has 4 rings (SSSR count). The number of unbranched alkanes of at least 4 members (excludes halogenated alkanes) is 1. The first-order valence-corrected chi connectivity index (χ1v) is 15.8. The maximum atomic E-state index is 17.4. The van der Waals surface area contributed by atoms with Crippen LogP contribution in [0.1, 0.15) is 72.6 Å². The van der Waals surface area contributed by atoms with Gasteiger partial charge in [-0.05, 0) is 69.4 Å². The predicted octanol–water partition coefficient (Wildman–Crippen LogP) is 1.87. The number of amides is 1. The van der Waals surface area contributed by atoms with Gasteiger partial charge in [0.25, 0.3) is 5.09 Å². The number of aliphatic hydroxyl groups is 2. The van der Waals surface area contributed by atoms with E-state index in [0.29, 0.717) is 18.4 Å². The lowest BCUT2D eigenvalue weighted by molar-refractivity contribution is -0.757. The molecule has 15 heteroatoms. The Morgan fingerprint density at radius 2 is 1.85 bits per heavy atom. The minimum absolute atomic E-state index is 0.160. The van der Waals surface area contributed by atoms with Crippen molar-refractivity contribution >= 4 is 29.4 Å². The van der Waals surface area contributed by atoms with Gasteiger partial charge in [0.1, 0.15) is 11.6 Å². The molecule has 0 saturated heterocycles. The van der Waals surface area contributed by atoms with E-state index in [0.717, 1.165) is 6.92 Å². The zero-order chi connectivity index (χ0) is 34.9. The molecule has 4 aliphatic carbocycles. The molecule has 260 valence electrons. The molecule has 0 bridgehead atoms. The summed E-state index contributed by atoms with van der Waals surface area (Å²) in [6.07, 6.45) is 3.22. The van der Waals surface area contributed by atoms with Crippen LogP contribution >= 0.6 is 0 Å². The zero-order valence-electron chi connectivity index (χ0n) is 27.0. The van der Waals surface area contributed by atoms with Crippen molar-refractivity contribution in [3.05, 3.63) is 33.9 Å². The van der Waals surface area contributed by atoms with Crippen molar-refractivity contribution in [1.29, 1.82) is 0 Å². The molecule has 14 nitrogen and oxygen atoms in total. The Kier molecular flexibility index (Phi) is 10.3. The number of aliphatic hydroxyl groups excluding tert-OH is 1. The minimum atomic E-state index is -2.14. The van der Waals surface area contributed by atoms with Crippen LogP contribution in [0, 0.1) is 38.7 Å². The largest absolute Gasteiger partial charge is 0.464 e. The van der Waals surface area contributed by atoms with Gasteiger partial charge >= 0.3 is 11.9 Å². The Bertz CT molecular complexity index is 1380. The number of Topliss-reactive ketones (excluding diaryl/α,β-unsaturated/α-hetero) is 1. The molecule has 47 heavy (non-hydrogen) atoms. The number of nitrogens with zero attached hydrogens (tertiary/aromatic N) is 1. The smallest absolute Gasteiger partial charge is 0.329 e. The van der Waals surface area contributed by atoms with E-state index >= 15 is 4.39 Å². The molecule has 4 aliphatic rings. The van der Waals surface area contributed by atoms with Gasteiger partial charge in [-0.15, -0.1) is 10.1 Å². The Morgan fingerprint density at radius 3 is 2.51 bits per heavy atom. The van der Waals surface area contributed by atoms with Gasteiger partial charge < -0.3 is 29.8 Å². The molecular formula is C32H43FN2O12. The van der Waals surface area contributed by atoms with Crippen LogP contribution in [0.3, 0.4) is 0 Å². The molecule has 0 radical (unpaired) electrons. The van der Waals surface area contributed by atoms with Crippen molar-refractivity contribution in [2.24, 2.45) is 28.6 Å². The second kappa shape index (κ2) is 13.4. The number of ether oxygens (including phenoxy) is 2. The van der Waals surface area contributed by atoms with Crippen molar-refractivity contribution in [2.45, 2.75) is 96.1 Å². The van der Waals surface area contributed by atoms with E-state index in [9.17, 15) is 44.3 Å². The SMILES string of the molecule is CC(=O)NC(CC(=O)OCC(=O)[C@@]1(O)[C@@H](C)C[C@H]2[C@@H]3CCC4=CC(=O)C=C[C@]4(C)[C@@]3(F)[C@@H](O)C[C@@]21C)C(=O)OCCCCO[N+](=O)[O-]. The third-order valence-corrected chi connectivity index (χ3v) is 11.0. The quantitative estimate of drug-likeness (QED) is 0.111. The van der Waals surface area contributed by atoms with Crippen LogP contribution in [-0.4, -0.2) is 87.9 Å². The summed E-state index contributed by atoms with van der Waals surface area (Å²) in [4.78, 5) is 77.1. The van der Waals surface area contributed by atoms with Crippen molar-refractivity contribution < 1.29 is 58.0 Å². The number of allylic oxidation sites excluding steroid dienone is 4. The summed E-state index contributed by atoms with van der Waals surface area (Å²) in [6.45, 7) is 4.89. The molecule has 3 N–H and O–H groups in total. The maximum Gasteiger partial charge on any atom is 0.329 e. The fourth-order valence-electron chi connectivity index (χ4n) is 8.68. The highest BCUT2D eigenvalue weighted by atomic mass is 19.1. The molecule has 0 heterocycles. The topological polar surface area (TPSA) is 209 Å². The highest BCUT2D eigenvalue weighted by Gasteiger charge is 2.75. The summed E-state index contributed by atoms with van der Waals surface area (Å²) >= 11 is 0. The van der Waals surface area contributed by atoms with Crippen LogP contribution in [0.5, 0.6) is 0 Å². The summed E-state index contributed by atoms with van der Waals surface area (Å²) in [7, 11) is 0. The van der Waals surface area contributed by atoms with Crippen molar-refractivity contribution in [3.8, 4) is 0 Å². The van der Waals surface area contributed by atoms with Crippen LogP contribution in [0.15, 0.2) is 23.8 Å². The average molecular weight is 667 g/mol. The molecule has 0 aliphatic heterocycles. The number of nitrogens with one attached hydrogen (secondary N) is 1. The van der Waals surface area contributed by atoms with E-state index in [4.69, 9.17) is 9.47 Å². The number of hydrogen-bond acceptors (Lipinski definition) is 12. The van der Waals surface area contributed by atoms with Crippen LogP contribution in [0.2, 0.25) is 0 Å². The number of esters is 2. The van der Waals surface area contributed by atoms with Gasteiger partial charge in [-0.3, -0.25) is 19.2 Å². The summed E-state index contributed by atoms with van der Waals surface area (Å²) < 4.78 is 27.6. The second-order valence-corrected chi connectivity index (χ2v) is 13.6. The summed E-state index contributed by atoms with van der Waals surface area (Å²) in [5, 5.41) is 35.1. The number of carbonyl (C=O) groups is 5. The van der Waals surface area contributed by atoms with Gasteiger partial charge in [-0.25, -0.2) is 9.18 Å². The first-order valence-electron chi connectivity index (χ1n) is 15.8. The highest BCUT2D eigenvalue weighted by Crippen LogP contribution is 2.70. The Hall–Kier alpha value is -3.72.